The smallest absolute Gasteiger partial charge is 0.129 e. The molecule has 0 bridgehead atoms. The fraction of sp³-hybridized carbons (Fsp3) is 0.917. The van der Waals surface area contributed by atoms with E-state index in [2.05, 4.69) is 18.7 Å². The molecule has 14 heavy (non-hydrogen) atoms. The summed E-state index contributed by atoms with van der Waals surface area (Å²) in [5.74, 6) is 0.324. The van der Waals surface area contributed by atoms with Gasteiger partial charge in [0.2, 0.25) is 0 Å². The van der Waals surface area contributed by atoms with Crippen molar-refractivity contribution in [2.45, 2.75) is 65.0 Å². The van der Waals surface area contributed by atoms with Gasteiger partial charge < -0.3 is 4.79 Å². The van der Waals surface area contributed by atoms with E-state index in [9.17, 15) is 4.79 Å². The minimum Gasteiger partial charge on any atom is -0.300 e. The molecule has 0 aliphatic carbocycles. The fourth-order valence-electron chi connectivity index (χ4n) is 2.48. The summed E-state index contributed by atoms with van der Waals surface area (Å²) < 4.78 is 0. The molecule has 1 fully saturated rings. The van der Waals surface area contributed by atoms with Crippen molar-refractivity contribution < 1.29 is 4.79 Å². The van der Waals surface area contributed by atoms with Crippen LogP contribution in [0.3, 0.4) is 0 Å². The molecule has 2 unspecified atom stereocenters. The lowest BCUT2D eigenvalue weighted by molar-refractivity contribution is -0.117. The highest BCUT2D eigenvalue weighted by Gasteiger charge is 2.28. The van der Waals surface area contributed by atoms with Gasteiger partial charge in [-0.05, 0) is 46.1 Å². The Balaban J connectivity index is 2.30. The Morgan fingerprint density at radius 1 is 1.43 bits per heavy atom. The first-order valence-electron chi connectivity index (χ1n) is 5.90. The Kier molecular flexibility index (Phi) is 4.59. The molecule has 2 nitrogen and oxygen atoms in total. The van der Waals surface area contributed by atoms with Crippen molar-refractivity contribution in [3.05, 3.63) is 0 Å². The molecule has 0 aromatic heterocycles. The second-order valence-corrected chi connectivity index (χ2v) is 4.53. The van der Waals surface area contributed by atoms with Gasteiger partial charge in [-0.15, -0.1) is 0 Å². The molecule has 0 amide bonds. The minimum absolute atomic E-state index is 0.324. The Hall–Kier alpha value is -0.370. The lowest BCUT2D eigenvalue weighted by Crippen LogP contribution is -2.35. The van der Waals surface area contributed by atoms with Crippen molar-refractivity contribution in [1.29, 1.82) is 0 Å². The van der Waals surface area contributed by atoms with Gasteiger partial charge in [0.25, 0.3) is 0 Å². The zero-order valence-corrected chi connectivity index (χ0v) is 9.75. The van der Waals surface area contributed by atoms with E-state index in [1.165, 1.54) is 19.3 Å². The molecular weight excluding hydrogens is 174 g/mol. The first-order valence-corrected chi connectivity index (χ1v) is 5.90. The van der Waals surface area contributed by atoms with Crippen LogP contribution in [0, 0.1) is 0 Å². The topological polar surface area (TPSA) is 20.3 Å². The number of ketones is 1. The Bertz CT molecular complexity index is 191. The average molecular weight is 197 g/mol. The quantitative estimate of drug-likeness (QED) is 0.675. The zero-order valence-electron chi connectivity index (χ0n) is 9.75. The van der Waals surface area contributed by atoms with E-state index in [0.29, 0.717) is 5.78 Å². The average Bonchev–Trinajstić information content (AvgIpc) is 2.47. The van der Waals surface area contributed by atoms with Crippen molar-refractivity contribution in [1.82, 2.24) is 4.90 Å². The maximum absolute atomic E-state index is 10.8. The lowest BCUT2D eigenvalue weighted by Gasteiger charge is -2.27. The van der Waals surface area contributed by atoms with Crippen molar-refractivity contribution in [3.63, 3.8) is 0 Å². The highest BCUT2D eigenvalue weighted by molar-refractivity contribution is 5.75. The van der Waals surface area contributed by atoms with Gasteiger partial charge >= 0.3 is 0 Å². The Labute approximate surface area is 87.7 Å². The van der Waals surface area contributed by atoms with E-state index in [1.54, 1.807) is 6.92 Å². The first kappa shape index (κ1) is 11.7. The number of Topliss-reactive ketones (excluding diaryl/α,β-unsaturated/α-hetero) is 1. The number of carbonyl (C=O) groups is 1. The number of hydrogen-bond acceptors (Lipinski definition) is 2. The molecule has 2 heteroatoms. The molecule has 1 rings (SSSR count). The second-order valence-electron chi connectivity index (χ2n) is 4.53. The summed E-state index contributed by atoms with van der Waals surface area (Å²) in [6.45, 7) is 7.37. The largest absolute Gasteiger partial charge is 0.300 e. The van der Waals surface area contributed by atoms with Gasteiger partial charge in [0, 0.05) is 18.5 Å². The number of nitrogens with zero attached hydrogens (tertiary/aromatic N) is 1. The monoisotopic (exact) mass is 197 g/mol. The van der Waals surface area contributed by atoms with Gasteiger partial charge in [-0.25, -0.2) is 0 Å². The maximum Gasteiger partial charge on any atom is 0.129 e. The highest BCUT2D eigenvalue weighted by atomic mass is 16.1. The van der Waals surface area contributed by atoms with Crippen LogP contribution in [-0.2, 0) is 4.79 Å². The molecule has 0 aromatic rings. The minimum atomic E-state index is 0.324. The van der Waals surface area contributed by atoms with Gasteiger partial charge in [-0.2, -0.15) is 0 Å². The first-order chi connectivity index (χ1) is 6.65. The van der Waals surface area contributed by atoms with E-state index in [0.717, 1.165) is 31.5 Å². The number of likely N-dealkylation sites (tertiary alicyclic amines) is 1. The third kappa shape index (κ3) is 3.09. The van der Waals surface area contributed by atoms with E-state index in [4.69, 9.17) is 0 Å². The predicted molar refractivity (Wildman–Crippen MR) is 59.4 cm³/mol. The molecule has 1 saturated heterocycles. The normalized spacial score (nSPS) is 28.2. The van der Waals surface area contributed by atoms with Crippen LogP contribution in [-0.4, -0.2) is 29.3 Å². The van der Waals surface area contributed by atoms with E-state index in [-0.39, 0.29) is 0 Å². The van der Waals surface area contributed by atoms with Crippen molar-refractivity contribution in [2.24, 2.45) is 0 Å². The molecule has 0 aromatic carbocycles. The SMILES string of the molecule is CCC1CCC(C)N1CCCC(C)=O. The summed E-state index contributed by atoms with van der Waals surface area (Å²) in [7, 11) is 0. The number of carbonyl (C=O) groups excluding carboxylic acids is 1. The van der Waals surface area contributed by atoms with E-state index >= 15 is 0 Å². The van der Waals surface area contributed by atoms with Crippen LogP contribution in [0.1, 0.15) is 52.9 Å². The maximum atomic E-state index is 10.8. The van der Waals surface area contributed by atoms with Gasteiger partial charge in [0.05, 0.1) is 0 Å². The van der Waals surface area contributed by atoms with Crippen molar-refractivity contribution in [3.8, 4) is 0 Å². The molecule has 0 N–H and O–H groups in total. The zero-order chi connectivity index (χ0) is 10.6. The molecule has 1 aliphatic rings. The van der Waals surface area contributed by atoms with Crippen LogP contribution in [0.4, 0.5) is 0 Å². The summed E-state index contributed by atoms with van der Waals surface area (Å²) in [4.78, 5) is 13.4. The van der Waals surface area contributed by atoms with Gasteiger partial charge in [-0.1, -0.05) is 6.92 Å². The van der Waals surface area contributed by atoms with Gasteiger partial charge in [-0.3, -0.25) is 4.90 Å². The standard InChI is InChI=1S/C12H23NO/c1-4-12-8-7-10(2)13(12)9-5-6-11(3)14/h10,12H,4-9H2,1-3H3. The summed E-state index contributed by atoms with van der Waals surface area (Å²) >= 11 is 0. The molecule has 0 spiro atoms. The Morgan fingerprint density at radius 2 is 2.14 bits per heavy atom. The Morgan fingerprint density at radius 3 is 2.71 bits per heavy atom. The molecule has 1 aliphatic heterocycles. The second kappa shape index (κ2) is 5.50. The van der Waals surface area contributed by atoms with Crippen LogP contribution in [0.25, 0.3) is 0 Å². The van der Waals surface area contributed by atoms with Crippen LogP contribution >= 0.6 is 0 Å². The molecule has 0 radical (unpaired) electrons. The van der Waals surface area contributed by atoms with Gasteiger partial charge in [0.15, 0.2) is 0 Å². The van der Waals surface area contributed by atoms with Crippen molar-refractivity contribution in [2.75, 3.05) is 6.54 Å². The number of rotatable bonds is 5. The number of hydrogen-bond donors (Lipinski definition) is 0. The van der Waals surface area contributed by atoms with Crippen LogP contribution < -0.4 is 0 Å². The highest BCUT2D eigenvalue weighted by Crippen LogP contribution is 2.25. The predicted octanol–water partition coefficient (Wildman–Crippen LogP) is 2.62. The summed E-state index contributed by atoms with van der Waals surface area (Å²) in [6.07, 6.45) is 5.72. The molecule has 82 valence electrons. The van der Waals surface area contributed by atoms with Crippen LogP contribution in [0.2, 0.25) is 0 Å². The molecule has 0 saturated carbocycles. The van der Waals surface area contributed by atoms with Crippen LogP contribution in [0.5, 0.6) is 0 Å². The fourth-order valence-corrected chi connectivity index (χ4v) is 2.48. The van der Waals surface area contributed by atoms with Crippen molar-refractivity contribution >= 4 is 5.78 Å². The lowest BCUT2D eigenvalue weighted by atomic mass is 10.1. The molecular formula is C12H23NO. The third-order valence-electron chi connectivity index (χ3n) is 3.37. The van der Waals surface area contributed by atoms with Gasteiger partial charge in [0.1, 0.15) is 5.78 Å². The van der Waals surface area contributed by atoms with E-state index < -0.39 is 0 Å². The summed E-state index contributed by atoms with van der Waals surface area (Å²) in [6, 6.07) is 1.50. The van der Waals surface area contributed by atoms with Crippen LogP contribution in [0.15, 0.2) is 0 Å². The molecule has 1 heterocycles. The molecule has 2 atom stereocenters. The van der Waals surface area contributed by atoms with E-state index in [1.807, 2.05) is 0 Å². The summed E-state index contributed by atoms with van der Waals surface area (Å²) in [5, 5.41) is 0. The summed E-state index contributed by atoms with van der Waals surface area (Å²) in [5.41, 5.74) is 0. The third-order valence-corrected chi connectivity index (χ3v) is 3.37.